The number of phosphoric ester groups is 1. The summed E-state index contributed by atoms with van der Waals surface area (Å²) in [6.07, 6.45) is 51.0. The Bertz CT molecular complexity index is 1080. The Hall–Kier alpha value is -1.25. The van der Waals surface area contributed by atoms with Crippen LogP contribution >= 0.6 is 7.82 Å². The minimum absolute atomic E-state index is 0.0281. The van der Waals surface area contributed by atoms with E-state index in [1.165, 1.54) is 186 Å². The molecule has 0 saturated carbocycles. The lowest BCUT2D eigenvalue weighted by Gasteiger charge is -2.28. The van der Waals surface area contributed by atoms with E-state index in [9.17, 15) is 19.0 Å². The molecular formula is C53H104NO8P. The molecule has 9 nitrogen and oxygen atoms in total. The van der Waals surface area contributed by atoms with E-state index in [1.807, 2.05) is 21.1 Å². The van der Waals surface area contributed by atoms with E-state index in [1.54, 1.807) is 0 Å². The molecule has 0 amide bonds. The molecule has 0 aliphatic heterocycles. The molecule has 10 heteroatoms. The van der Waals surface area contributed by atoms with E-state index >= 15 is 0 Å². The molecule has 0 radical (unpaired) electrons. The molecule has 0 heterocycles. The first kappa shape index (κ1) is 61.8. The smallest absolute Gasteiger partial charge is 0.306 e. The number of phosphoric acid groups is 1. The van der Waals surface area contributed by atoms with Gasteiger partial charge in [-0.1, -0.05) is 225 Å². The van der Waals surface area contributed by atoms with Gasteiger partial charge in [-0.3, -0.25) is 14.2 Å². The fraction of sp³-hybridized carbons (Fsp3) is 0.925. The van der Waals surface area contributed by atoms with Gasteiger partial charge in [-0.25, -0.2) is 0 Å². The van der Waals surface area contributed by atoms with E-state index in [0.717, 1.165) is 44.9 Å². The van der Waals surface area contributed by atoms with Crippen LogP contribution in [0.4, 0.5) is 0 Å². The molecule has 0 fully saturated rings. The van der Waals surface area contributed by atoms with Gasteiger partial charge in [-0.05, 0) is 38.5 Å². The van der Waals surface area contributed by atoms with E-state index in [4.69, 9.17) is 18.5 Å². The summed E-state index contributed by atoms with van der Waals surface area (Å²) in [5, 5.41) is 0. The summed E-state index contributed by atoms with van der Waals surface area (Å²) in [5.74, 6) is -0.822. The van der Waals surface area contributed by atoms with Crippen LogP contribution in [0.5, 0.6) is 0 Å². The number of likely N-dealkylation sites (N-methyl/N-ethyl adjacent to an activating group) is 1. The maximum atomic E-state index is 12.7. The molecule has 0 aliphatic carbocycles. The highest BCUT2D eigenvalue weighted by Gasteiger charge is 2.21. The van der Waals surface area contributed by atoms with Gasteiger partial charge in [0.05, 0.1) is 27.7 Å². The Kier molecular flexibility index (Phi) is 45.0. The fourth-order valence-electron chi connectivity index (χ4n) is 7.83. The molecule has 0 spiro atoms. The van der Waals surface area contributed by atoms with Crippen LogP contribution < -0.4 is 4.89 Å². The van der Waals surface area contributed by atoms with Gasteiger partial charge in [-0.15, -0.1) is 0 Å². The molecule has 374 valence electrons. The lowest BCUT2D eigenvalue weighted by Crippen LogP contribution is -2.37. The standard InChI is InChI=1S/C53H104NO8P/c1-6-8-10-12-14-16-18-20-22-24-26-27-28-30-31-33-35-37-39-41-43-45-52(55)59-49-51(50-61-63(57,58)60-48-47-54(3,4)5)62-53(56)46-44-42-40-38-36-34-32-29-25-23-21-19-17-15-13-11-9-7-2/h23,25,51H,6-22,24,26-50H2,1-5H3/b25-23-. The summed E-state index contributed by atoms with van der Waals surface area (Å²) in [6.45, 7) is 4.28. The lowest BCUT2D eigenvalue weighted by molar-refractivity contribution is -0.870. The van der Waals surface area contributed by atoms with Crippen molar-refractivity contribution >= 4 is 19.8 Å². The maximum Gasteiger partial charge on any atom is 0.306 e. The van der Waals surface area contributed by atoms with E-state index in [2.05, 4.69) is 26.0 Å². The number of unbranched alkanes of at least 4 members (excludes halogenated alkanes) is 34. The molecule has 2 unspecified atom stereocenters. The summed E-state index contributed by atoms with van der Waals surface area (Å²) < 4.78 is 34.1. The van der Waals surface area contributed by atoms with Crippen LogP contribution in [0.15, 0.2) is 12.2 Å². The second-order valence-corrected chi connectivity index (χ2v) is 21.0. The first-order valence-electron chi connectivity index (χ1n) is 26.9. The topological polar surface area (TPSA) is 111 Å². The Labute approximate surface area is 390 Å². The van der Waals surface area contributed by atoms with Crippen molar-refractivity contribution in [2.45, 2.75) is 270 Å². The highest BCUT2D eigenvalue weighted by atomic mass is 31.2. The van der Waals surface area contributed by atoms with Crippen LogP contribution in [-0.4, -0.2) is 70.0 Å². The predicted octanol–water partition coefficient (Wildman–Crippen LogP) is 15.5. The van der Waals surface area contributed by atoms with Crippen LogP contribution in [0.2, 0.25) is 0 Å². The maximum absolute atomic E-state index is 12.7. The van der Waals surface area contributed by atoms with Crippen LogP contribution in [0, 0.1) is 0 Å². The minimum Gasteiger partial charge on any atom is -0.756 e. The average molecular weight is 914 g/mol. The number of ether oxygens (including phenoxy) is 2. The highest BCUT2D eigenvalue weighted by Crippen LogP contribution is 2.38. The van der Waals surface area contributed by atoms with Crippen molar-refractivity contribution in [3.05, 3.63) is 12.2 Å². The average Bonchev–Trinajstić information content (AvgIpc) is 3.24. The molecule has 0 aromatic heterocycles. The van der Waals surface area contributed by atoms with E-state index in [-0.39, 0.29) is 32.0 Å². The third-order valence-corrected chi connectivity index (χ3v) is 13.0. The van der Waals surface area contributed by atoms with Crippen molar-refractivity contribution in [3.8, 4) is 0 Å². The number of hydrogen-bond donors (Lipinski definition) is 0. The lowest BCUT2D eigenvalue weighted by atomic mass is 10.0. The largest absolute Gasteiger partial charge is 0.756 e. The summed E-state index contributed by atoms with van der Waals surface area (Å²) in [4.78, 5) is 37.8. The van der Waals surface area contributed by atoms with Crippen molar-refractivity contribution in [2.24, 2.45) is 0 Å². The van der Waals surface area contributed by atoms with Gasteiger partial charge in [0.15, 0.2) is 6.10 Å². The number of hydrogen-bond acceptors (Lipinski definition) is 8. The SMILES string of the molecule is CCCCCCCCC/C=C\CCCCCCCCCC(=O)OC(COC(=O)CCCCCCCCCCCCCCCCCCCCCCC)COP(=O)([O-])OCC[N+](C)(C)C. The normalized spacial score (nSPS) is 13.4. The van der Waals surface area contributed by atoms with Crippen LogP contribution in [0.25, 0.3) is 0 Å². The molecule has 0 bridgehead atoms. The van der Waals surface area contributed by atoms with Gasteiger partial charge in [0.1, 0.15) is 19.8 Å². The number of nitrogens with zero attached hydrogens (tertiary/aromatic N) is 1. The Balaban J connectivity index is 4.18. The monoisotopic (exact) mass is 914 g/mol. The van der Waals surface area contributed by atoms with Gasteiger partial charge in [0.2, 0.25) is 0 Å². The molecule has 0 N–H and O–H groups in total. The fourth-order valence-corrected chi connectivity index (χ4v) is 8.56. The summed E-state index contributed by atoms with van der Waals surface area (Å²) in [5.41, 5.74) is 0. The quantitative estimate of drug-likeness (QED) is 0.0195. The van der Waals surface area contributed by atoms with E-state index in [0.29, 0.717) is 17.4 Å². The van der Waals surface area contributed by atoms with Gasteiger partial charge >= 0.3 is 11.9 Å². The molecule has 0 saturated heterocycles. The first-order chi connectivity index (χ1) is 30.5. The van der Waals surface area contributed by atoms with Crippen molar-refractivity contribution in [1.82, 2.24) is 0 Å². The Morgan fingerprint density at radius 3 is 1.17 bits per heavy atom. The zero-order valence-corrected chi connectivity index (χ0v) is 43.2. The summed E-state index contributed by atoms with van der Waals surface area (Å²) >= 11 is 0. The number of quaternary nitrogens is 1. The number of carbonyl (C=O) groups is 2. The van der Waals surface area contributed by atoms with Gasteiger partial charge in [-0.2, -0.15) is 0 Å². The number of rotatable bonds is 50. The van der Waals surface area contributed by atoms with Gasteiger partial charge in [0, 0.05) is 12.8 Å². The van der Waals surface area contributed by atoms with Crippen LogP contribution in [0.1, 0.15) is 264 Å². The van der Waals surface area contributed by atoms with Crippen molar-refractivity contribution < 1.29 is 42.1 Å². The van der Waals surface area contributed by atoms with Gasteiger partial charge in [0.25, 0.3) is 7.82 Å². The second kappa shape index (κ2) is 45.9. The molecule has 63 heavy (non-hydrogen) atoms. The summed E-state index contributed by atoms with van der Waals surface area (Å²) in [6, 6.07) is 0. The predicted molar refractivity (Wildman–Crippen MR) is 264 cm³/mol. The highest BCUT2D eigenvalue weighted by molar-refractivity contribution is 7.45. The third kappa shape index (κ3) is 50.0. The van der Waals surface area contributed by atoms with Crippen molar-refractivity contribution in [3.63, 3.8) is 0 Å². The second-order valence-electron chi connectivity index (χ2n) is 19.6. The first-order valence-corrected chi connectivity index (χ1v) is 28.4. The molecular weight excluding hydrogens is 810 g/mol. The Morgan fingerprint density at radius 2 is 0.810 bits per heavy atom. The van der Waals surface area contributed by atoms with Crippen LogP contribution in [-0.2, 0) is 32.7 Å². The molecule has 0 aromatic carbocycles. The number of allylic oxidation sites excluding steroid dienone is 2. The zero-order valence-electron chi connectivity index (χ0n) is 42.3. The van der Waals surface area contributed by atoms with Crippen LogP contribution in [0.3, 0.4) is 0 Å². The minimum atomic E-state index is -4.63. The van der Waals surface area contributed by atoms with E-state index < -0.39 is 26.5 Å². The molecule has 0 aromatic rings. The summed E-state index contributed by atoms with van der Waals surface area (Å²) in [7, 11) is 1.18. The molecule has 2 atom stereocenters. The zero-order chi connectivity index (χ0) is 46.4. The van der Waals surface area contributed by atoms with Crippen molar-refractivity contribution in [1.29, 1.82) is 0 Å². The third-order valence-electron chi connectivity index (χ3n) is 12.0. The number of carbonyl (C=O) groups excluding carboxylic acids is 2. The van der Waals surface area contributed by atoms with Crippen molar-refractivity contribution in [2.75, 3.05) is 47.5 Å². The number of esters is 2. The Morgan fingerprint density at radius 1 is 0.476 bits per heavy atom. The molecule has 0 aliphatic rings. The van der Waals surface area contributed by atoms with Gasteiger partial charge < -0.3 is 27.9 Å². The molecule has 0 rings (SSSR count).